The second-order valence-electron chi connectivity index (χ2n) is 6.46. The van der Waals surface area contributed by atoms with Gasteiger partial charge in [-0.05, 0) is 18.9 Å². The maximum atomic E-state index is 13.7. The molecule has 4 rings (SSSR count). The Bertz CT molecular complexity index is 1050. The average Bonchev–Trinajstić information content (AvgIpc) is 3.24. The summed E-state index contributed by atoms with van der Waals surface area (Å²) in [6.07, 6.45) is 7.12. The summed E-state index contributed by atoms with van der Waals surface area (Å²) in [7, 11) is 0. The van der Waals surface area contributed by atoms with Crippen molar-refractivity contribution in [3.63, 3.8) is 0 Å². The molecule has 0 saturated carbocycles. The summed E-state index contributed by atoms with van der Waals surface area (Å²) in [5, 5.41) is 5.25. The van der Waals surface area contributed by atoms with Gasteiger partial charge in [-0.15, -0.1) is 23.7 Å². The van der Waals surface area contributed by atoms with Crippen LogP contribution in [-0.2, 0) is 0 Å². The molecule has 1 amide bonds. The van der Waals surface area contributed by atoms with Crippen LogP contribution in [0.25, 0.3) is 5.57 Å². The van der Waals surface area contributed by atoms with Gasteiger partial charge in [-0.25, -0.2) is 18.7 Å². The minimum absolute atomic E-state index is 0. The highest BCUT2D eigenvalue weighted by Gasteiger charge is 2.22. The lowest BCUT2D eigenvalue weighted by Crippen LogP contribution is -2.31. The van der Waals surface area contributed by atoms with Crippen molar-refractivity contribution in [2.24, 2.45) is 0 Å². The number of nitrogens with one attached hydrogen (secondary N) is 1. The van der Waals surface area contributed by atoms with E-state index in [2.05, 4.69) is 37.1 Å². The molecule has 1 N–H and O–H groups in total. The number of halogens is 3. The van der Waals surface area contributed by atoms with Crippen LogP contribution in [0.2, 0.25) is 0 Å². The molecule has 0 radical (unpaired) electrons. The smallest absolute Gasteiger partial charge is 0.262 e. The zero-order chi connectivity index (χ0) is 20.4. The number of hydrogen-bond donors (Lipinski definition) is 1. The van der Waals surface area contributed by atoms with Gasteiger partial charge < -0.3 is 10.2 Å². The first-order chi connectivity index (χ1) is 14.0. The number of carbonyl (C=O) groups excluding carboxylic acids is 1. The Morgan fingerprint density at radius 3 is 2.53 bits per heavy atom. The maximum absolute atomic E-state index is 13.7. The molecule has 0 saturated heterocycles. The van der Waals surface area contributed by atoms with Gasteiger partial charge in [0, 0.05) is 24.7 Å². The number of carbonyl (C=O) groups is 1. The average molecular weight is 451 g/mol. The summed E-state index contributed by atoms with van der Waals surface area (Å²) in [5.41, 5.74) is 2.23. The van der Waals surface area contributed by atoms with Crippen molar-refractivity contribution in [2.75, 3.05) is 23.3 Å². The Balaban J connectivity index is 0.00000256. The van der Waals surface area contributed by atoms with Gasteiger partial charge in [-0.3, -0.25) is 14.8 Å². The normalized spacial score (nSPS) is 13.8. The van der Waals surface area contributed by atoms with E-state index in [1.165, 1.54) is 11.8 Å². The third-order valence-electron chi connectivity index (χ3n) is 4.59. The van der Waals surface area contributed by atoms with Crippen LogP contribution in [0, 0.1) is 11.6 Å². The van der Waals surface area contributed by atoms with Crippen molar-refractivity contribution >= 4 is 46.2 Å². The zero-order valence-corrected chi connectivity index (χ0v) is 17.4. The lowest BCUT2D eigenvalue weighted by molar-refractivity contribution is 0.101. The third kappa shape index (κ3) is 4.44. The Kier molecular flexibility index (Phi) is 6.68. The van der Waals surface area contributed by atoms with E-state index in [9.17, 15) is 13.6 Å². The first-order valence-corrected chi connectivity index (χ1v) is 9.66. The Hall–Kier alpha value is -2.98. The van der Waals surface area contributed by atoms with Gasteiger partial charge in [0.05, 0.1) is 30.5 Å². The van der Waals surface area contributed by atoms with E-state index in [-0.39, 0.29) is 18.2 Å². The minimum Gasteiger partial charge on any atom is -0.343 e. The Morgan fingerprint density at radius 2 is 1.90 bits per heavy atom. The van der Waals surface area contributed by atoms with E-state index < -0.39 is 23.1 Å². The quantitative estimate of drug-likeness (QED) is 0.647. The van der Waals surface area contributed by atoms with Crippen molar-refractivity contribution < 1.29 is 13.6 Å². The van der Waals surface area contributed by atoms with Crippen LogP contribution in [0.3, 0.4) is 0 Å². The fourth-order valence-corrected chi connectivity index (χ4v) is 3.72. The van der Waals surface area contributed by atoms with Crippen LogP contribution in [-0.4, -0.2) is 38.9 Å². The molecular formula is C19H17ClF2N6OS. The fraction of sp³-hybridized carbons (Fsp3) is 0.211. The van der Waals surface area contributed by atoms with E-state index in [0.29, 0.717) is 12.2 Å². The second-order valence-corrected chi connectivity index (χ2v) is 7.34. The fourth-order valence-electron chi connectivity index (χ4n) is 3.05. The van der Waals surface area contributed by atoms with Gasteiger partial charge in [0.1, 0.15) is 5.56 Å². The summed E-state index contributed by atoms with van der Waals surface area (Å²) in [6.45, 7) is 3.60. The van der Waals surface area contributed by atoms with E-state index in [4.69, 9.17) is 0 Å². The second kappa shape index (κ2) is 9.23. The largest absolute Gasteiger partial charge is 0.343 e. The molecule has 0 spiro atoms. The number of amides is 1. The van der Waals surface area contributed by atoms with Crippen molar-refractivity contribution in [3.05, 3.63) is 64.8 Å². The molecule has 0 fully saturated rings. The summed E-state index contributed by atoms with van der Waals surface area (Å²) >= 11 is 1.58. The molecule has 11 heteroatoms. The first kappa shape index (κ1) is 21.7. The number of aromatic nitrogens is 4. The van der Waals surface area contributed by atoms with Crippen molar-refractivity contribution in [1.29, 1.82) is 0 Å². The molecule has 0 unspecified atom stereocenters. The van der Waals surface area contributed by atoms with Crippen molar-refractivity contribution in [1.82, 2.24) is 19.9 Å². The minimum atomic E-state index is -1.04. The van der Waals surface area contributed by atoms with E-state index in [0.717, 1.165) is 36.1 Å². The molecule has 156 valence electrons. The lowest BCUT2D eigenvalue weighted by atomic mass is 9.99. The van der Waals surface area contributed by atoms with Crippen LogP contribution in [0.15, 0.2) is 41.9 Å². The molecule has 3 aromatic rings. The SMILES string of the molecule is CC1=C(c2cnc(NC(=O)c3c(F)cncc3F)cn2)CN(c2nccs2)CC1.Cl. The number of anilines is 2. The Labute approximate surface area is 181 Å². The van der Waals surface area contributed by atoms with Crippen LogP contribution in [0.4, 0.5) is 19.7 Å². The molecule has 1 aliphatic heterocycles. The maximum Gasteiger partial charge on any atom is 0.262 e. The molecule has 4 heterocycles. The predicted molar refractivity (Wildman–Crippen MR) is 113 cm³/mol. The summed E-state index contributed by atoms with van der Waals surface area (Å²) < 4.78 is 27.4. The summed E-state index contributed by atoms with van der Waals surface area (Å²) in [5.74, 6) is -2.94. The number of rotatable bonds is 4. The summed E-state index contributed by atoms with van der Waals surface area (Å²) in [4.78, 5) is 30.6. The predicted octanol–water partition coefficient (Wildman–Crippen LogP) is 3.96. The van der Waals surface area contributed by atoms with E-state index >= 15 is 0 Å². The molecule has 0 atom stereocenters. The topological polar surface area (TPSA) is 83.9 Å². The van der Waals surface area contributed by atoms with Crippen LogP contribution in [0.1, 0.15) is 29.4 Å². The Morgan fingerprint density at radius 1 is 1.13 bits per heavy atom. The van der Waals surface area contributed by atoms with Gasteiger partial charge in [0.25, 0.3) is 5.91 Å². The number of pyridine rings is 1. The van der Waals surface area contributed by atoms with Crippen LogP contribution < -0.4 is 10.2 Å². The molecule has 1 aliphatic rings. The number of thiazole rings is 1. The molecule has 7 nitrogen and oxygen atoms in total. The van der Waals surface area contributed by atoms with Crippen LogP contribution in [0.5, 0.6) is 0 Å². The van der Waals surface area contributed by atoms with Gasteiger partial charge in [-0.2, -0.15) is 0 Å². The van der Waals surface area contributed by atoms with Gasteiger partial charge in [0.15, 0.2) is 22.6 Å². The monoisotopic (exact) mass is 450 g/mol. The molecule has 0 bridgehead atoms. The van der Waals surface area contributed by atoms with Crippen molar-refractivity contribution in [2.45, 2.75) is 13.3 Å². The highest BCUT2D eigenvalue weighted by Crippen LogP contribution is 2.29. The third-order valence-corrected chi connectivity index (χ3v) is 5.43. The molecule has 0 aliphatic carbocycles. The van der Waals surface area contributed by atoms with Gasteiger partial charge in [-0.1, -0.05) is 5.57 Å². The van der Waals surface area contributed by atoms with Gasteiger partial charge in [0.2, 0.25) is 0 Å². The molecule has 0 aromatic carbocycles. The molecule has 30 heavy (non-hydrogen) atoms. The molecular weight excluding hydrogens is 434 g/mol. The lowest BCUT2D eigenvalue weighted by Gasteiger charge is -2.29. The molecule has 3 aromatic heterocycles. The highest BCUT2D eigenvalue weighted by molar-refractivity contribution is 7.13. The highest BCUT2D eigenvalue weighted by atomic mass is 35.5. The van der Waals surface area contributed by atoms with Gasteiger partial charge >= 0.3 is 0 Å². The van der Waals surface area contributed by atoms with Crippen LogP contribution >= 0.6 is 23.7 Å². The first-order valence-electron chi connectivity index (χ1n) is 8.78. The van der Waals surface area contributed by atoms with E-state index in [1.807, 2.05) is 5.38 Å². The van der Waals surface area contributed by atoms with Crippen molar-refractivity contribution in [3.8, 4) is 0 Å². The van der Waals surface area contributed by atoms with E-state index in [1.54, 1.807) is 23.7 Å². The standard InChI is InChI=1S/C19H16F2N6OS.ClH/c1-11-2-4-27(19-23-3-5-29-19)10-12(11)15-8-25-16(9-24-15)26-18(28)17-13(20)6-22-7-14(17)21;/h3,5-9H,2,4,10H2,1H3,(H,25,26,28);1H. The number of hydrogen-bond acceptors (Lipinski definition) is 7. The zero-order valence-electron chi connectivity index (χ0n) is 15.8. The number of nitrogens with zero attached hydrogens (tertiary/aromatic N) is 5. The summed E-state index contributed by atoms with van der Waals surface area (Å²) in [6, 6.07) is 0.